The Morgan fingerprint density at radius 3 is 2.29 bits per heavy atom. The fourth-order valence-electron chi connectivity index (χ4n) is 3.34. The van der Waals surface area contributed by atoms with Crippen LogP contribution in [0.25, 0.3) is 0 Å². The van der Waals surface area contributed by atoms with E-state index in [4.69, 9.17) is 0 Å². The van der Waals surface area contributed by atoms with Crippen molar-refractivity contribution in [2.24, 2.45) is 23.7 Å². The Morgan fingerprint density at radius 1 is 1.10 bits per heavy atom. The molecule has 1 saturated carbocycles. The Bertz CT molecular complexity index is 469. The molecule has 0 heterocycles. The van der Waals surface area contributed by atoms with Crippen molar-refractivity contribution in [3.05, 3.63) is 60.7 Å². The van der Waals surface area contributed by atoms with Gasteiger partial charge in [0.15, 0.2) is 0 Å². The molecule has 1 aromatic rings. The first kappa shape index (κ1) is 16.0. The molecule has 0 radical (unpaired) electrons. The Labute approximate surface area is 126 Å². The van der Waals surface area contributed by atoms with E-state index in [-0.39, 0.29) is 36.9 Å². The summed E-state index contributed by atoms with van der Waals surface area (Å²) in [5, 5.41) is 29.3. The molecule has 3 nitrogen and oxygen atoms in total. The second kappa shape index (κ2) is 7.55. The van der Waals surface area contributed by atoms with Gasteiger partial charge in [-0.05, 0) is 35.7 Å². The molecule has 0 bridgehead atoms. The van der Waals surface area contributed by atoms with Gasteiger partial charge >= 0.3 is 0 Å². The first-order valence-electron chi connectivity index (χ1n) is 7.46. The summed E-state index contributed by atoms with van der Waals surface area (Å²) < 4.78 is 0. The average molecular weight is 288 g/mol. The van der Waals surface area contributed by atoms with E-state index < -0.39 is 6.10 Å². The van der Waals surface area contributed by atoms with E-state index in [1.807, 2.05) is 42.5 Å². The van der Waals surface area contributed by atoms with Crippen molar-refractivity contribution in [2.75, 3.05) is 13.2 Å². The van der Waals surface area contributed by atoms with Gasteiger partial charge in [0.2, 0.25) is 0 Å². The SMILES string of the molecule is C=C[C@@H]1C[C@H](C=C[C@@H](O)c2ccccc2)[C@@H](CO)[C@H]1CO. The van der Waals surface area contributed by atoms with Crippen LogP contribution in [0.2, 0.25) is 0 Å². The van der Waals surface area contributed by atoms with E-state index in [1.165, 1.54) is 0 Å². The fourth-order valence-corrected chi connectivity index (χ4v) is 3.34. The molecule has 0 aromatic heterocycles. The van der Waals surface area contributed by atoms with Crippen molar-refractivity contribution in [1.29, 1.82) is 0 Å². The van der Waals surface area contributed by atoms with Crippen LogP contribution in [0.1, 0.15) is 18.1 Å². The van der Waals surface area contributed by atoms with E-state index in [2.05, 4.69) is 6.58 Å². The van der Waals surface area contributed by atoms with Gasteiger partial charge in [0, 0.05) is 13.2 Å². The molecule has 21 heavy (non-hydrogen) atoms. The number of benzene rings is 1. The first-order valence-corrected chi connectivity index (χ1v) is 7.46. The summed E-state index contributed by atoms with van der Waals surface area (Å²) in [6, 6.07) is 9.48. The maximum atomic E-state index is 10.2. The standard InChI is InChI=1S/C18H24O3/c1-2-13-10-15(17(12-20)16(13)11-19)8-9-18(21)14-6-4-3-5-7-14/h2-9,13,15-21H,1,10-12H2/t13-,15+,16+,17-,18-/m1/s1. The minimum absolute atomic E-state index is 0.0252. The normalized spacial score (nSPS) is 30.6. The van der Waals surface area contributed by atoms with E-state index >= 15 is 0 Å². The third kappa shape index (κ3) is 3.62. The Balaban J connectivity index is 2.07. The number of allylic oxidation sites excluding steroid dienone is 2. The second-order valence-electron chi connectivity index (χ2n) is 5.73. The third-order valence-corrected chi connectivity index (χ3v) is 4.60. The molecule has 0 amide bonds. The molecule has 1 aliphatic rings. The molecule has 1 aromatic carbocycles. The summed E-state index contributed by atoms with van der Waals surface area (Å²) in [5.74, 6) is 0.456. The van der Waals surface area contributed by atoms with Crippen LogP contribution in [-0.4, -0.2) is 28.5 Å². The zero-order chi connectivity index (χ0) is 15.2. The quantitative estimate of drug-likeness (QED) is 0.704. The number of aliphatic hydroxyl groups excluding tert-OH is 3. The minimum Gasteiger partial charge on any atom is -0.396 e. The lowest BCUT2D eigenvalue weighted by Crippen LogP contribution is -2.23. The lowest BCUT2D eigenvalue weighted by Gasteiger charge is -2.21. The summed E-state index contributed by atoms with van der Waals surface area (Å²) in [6.07, 6.45) is 5.84. The van der Waals surface area contributed by atoms with Crippen LogP contribution in [0.3, 0.4) is 0 Å². The molecule has 0 spiro atoms. The van der Waals surface area contributed by atoms with Gasteiger partial charge in [0.05, 0.1) is 6.10 Å². The predicted molar refractivity (Wildman–Crippen MR) is 83.5 cm³/mol. The zero-order valence-electron chi connectivity index (χ0n) is 12.2. The van der Waals surface area contributed by atoms with E-state index in [0.717, 1.165) is 12.0 Å². The lowest BCUT2D eigenvalue weighted by molar-refractivity contribution is 0.117. The summed E-state index contributed by atoms with van der Waals surface area (Å²) in [5.41, 5.74) is 0.853. The molecule has 5 atom stereocenters. The summed E-state index contributed by atoms with van der Waals surface area (Å²) >= 11 is 0. The molecule has 2 rings (SSSR count). The number of rotatable bonds is 6. The van der Waals surface area contributed by atoms with Crippen LogP contribution in [-0.2, 0) is 0 Å². The number of hydrogen-bond acceptors (Lipinski definition) is 3. The highest BCUT2D eigenvalue weighted by Crippen LogP contribution is 2.42. The van der Waals surface area contributed by atoms with Crippen molar-refractivity contribution < 1.29 is 15.3 Å². The molecular formula is C18H24O3. The molecule has 3 heteroatoms. The van der Waals surface area contributed by atoms with Crippen LogP contribution >= 0.6 is 0 Å². The summed E-state index contributed by atoms with van der Waals surface area (Å²) in [6.45, 7) is 3.93. The monoisotopic (exact) mass is 288 g/mol. The summed E-state index contributed by atoms with van der Waals surface area (Å²) in [4.78, 5) is 0. The zero-order valence-corrected chi connectivity index (χ0v) is 12.2. The molecule has 114 valence electrons. The maximum Gasteiger partial charge on any atom is 0.0971 e. The van der Waals surface area contributed by atoms with Gasteiger partial charge in [0.1, 0.15) is 0 Å². The smallest absolute Gasteiger partial charge is 0.0971 e. The van der Waals surface area contributed by atoms with E-state index in [1.54, 1.807) is 6.08 Å². The Kier molecular flexibility index (Phi) is 5.74. The van der Waals surface area contributed by atoms with Crippen LogP contribution in [0, 0.1) is 23.7 Å². The highest BCUT2D eigenvalue weighted by Gasteiger charge is 2.39. The van der Waals surface area contributed by atoms with Crippen LogP contribution in [0.5, 0.6) is 0 Å². The Morgan fingerprint density at radius 2 is 1.71 bits per heavy atom. The van der Waals surface area contributed by atoms with Gasteiger partial charge in [0.25, 0.3) is 0 Å². The molecule has 0 saturated heterocycles. The van der Waals surface area contributed by atoms with Crippen LogP contribution in [0.4, 0.5) is 0 Å². The van der Waals surface area contributed by atoms with E-state index in [9.17, 15) is 15.3 Å². The molecule has 3 N–H and O–H groups in total. The van der Waals surface area contributed by atoms with Gasteiger partial charge in [-0.25, -0.2) is 0 Å². The fraction of sp³-hybridized carbons (Fsp3) is 0.444. The number of hydrogen-bond donors (Lipinski definition) is 3. The minimum atomic E-state index is -0.638. The average Bonchev–Trinajstić information content (AvgIpc) is 2.90. The van der Waals surface area contributed by atoms with Crippen molar-refractivity contribution in [1.82, 2.24) is 0 Å². The van der Waals surface area contributed by atoms with Crippen LogP contribution < -0.4 is 0 Å². The van der Waals surface area contributed by atoms with Gasteiger partial charge in [-0.15, -0.1) is 6.58 Å². The topological polar surface area (TPSA) is 60.7 Å². The lowest BCUT2D eigenvalue weighted by atomic mass is 9.88. The van der Waals surface area contributed by atoms with Gasteiger partial charge in [-0.3, -0.25) is 0 Å². The van der Waals surface area contributed by atoms with Crippen molar-refractivity contribution in [3.63, 3.8) is 0 Å². The van der Waals surface area contributed by atoms with E-state index in [0.29, 0.717) is 0 Å². The molecule has 0 unspecified atom stereocenters. The van der Waals surface area contributed by atoms with Gasteiger partial charge < -0.3 is 15.3 Å². The predicted octanol–water partition coefficient (Wildman–Crippen LogP) is 2.32. The van der Waals surface area contributed by atoms with Crippen molar-refractivity contribution in [2.45, 2.75) is 12.5 Å². The molecule has 1 aliphatic carbocycles. The highest BCUT2D eigenvalue weighted by molar-refractivity contribution is 5.21. The van der Waals surface area contributed by atoms with Crippen LogP contribution in [0.15, 0.2) is 55.1 Å². The van der Waals surface area contributed by atoms with Gasteiger partial charge in [-0.1, -0.05) is 48.6 Å². The largest absolute Gasteiger partial charge is 0.396 e. The van der Waals surface area contributed by atoms with Crippen molar-refractivity contribution in [3.8, 4) is 0 Å². The molecule has 1 fully saturated rings. The molecular weight excluding hydrogens is 264 g/mol. The first-order chi connectivity index (χ1) is 10.2. The molecule has 0 aliphatic heterocycles. The maximum absolute atomic E-state index is 10.2. The summed E-state index contributed by atoms with van der Waals surface area (Å²) in [7, 11) is 0. The van der Waals surface area contributed by atoms with Crippen molar-refractivity contribution >= 4 is 0 Å². The third-order valence-electron chi connectivity index (χ3n) is 4.60. The second-order valence-corrected chi connectivity index (χ2v) is 5.73. The number of aliphatic hydroxyl groups is 3. The highest BCUT2D eigenvalue weighted by atomic mass is 16.3. The Hall–Kier alpha value is -1.42. The van der Waals surface area contributed by atoms with Gasteiger partial charge in [-0.2, -0.15) is 0 Å².